The van der Waals surface area contributed by atoms with E-state index in [0.717, 1.165) is 11.4 Å². The number of carbonyl (C=O) groups is 1. The molecule has 23 heteroatoms. The fourth-order valence-electron chi connectivity index (χ4n) is 9.15. The molecule has 13 nitrogen and oxygen atoms in total. The Morgan fingerprint density at radius 2 is 0.875 bits per heavy atom. The number of piperazine rings is 2. The second-order valence-electron chi connectivity index (χ2n) is 17.0. The van der Waals surface area contributed by atoms with Crippen LogP contribution in [0, 0.1) is 0 Å². The Morgan fingerprint density at radius 1 is 0.528 bits per heavy atom. The summed E-state index contributed by atoms with van der Waals surface area (Å²) < 4.78 is 114. The minimum Gasteiger partial charge on any atom is -0.497 e. The highest BCUT2D eigenvalue weighted by molar-refractivity contribution is 6.34. The summed E-state index contributed by atoms with van der Waals surface area (Å²) in [5, 5.41) is 8.21. The molecule has 2 aromatic heterocycles. The summed E-state index contributed by atoms with van der Waals surface area (Å²) >= 11 is 25.9. The van der Waals surface area contributed by atoms with Crippen molar-refractivity contribution in [2.75, 3.05) is 90.6 Å². The SMILES string of the molecule is COc1ccc(-c2nn(CC(C(=O)C(Cn3nc(-c4ccc(OC)cc4)c(Cl)c3C(F)(F)F)N3CCN(c4ccc(Cl)c(OC)c4)CC3)N3CCN(c4ccc(Cl)c(OC)c4)CC3)c(C(F)(F)F)c2Cl)cc1. The molecule has 6 aromatic rings. The number of carbonyl (C=O) groups excluding carboxylic acids is 1. The highest BCUT2D eigenvalue weighted by Gasteiger charge is 2.46. The van der Waals surface area contributed by atoms with Gasteiger partial charge in [0.25, 0.3) is 0 Å². The van der Waals surface area contributed by atoms with E-state index < -0.39 is 64.7 Å². The highest BCUT2D eigenvalue weighted by atomic mass is 35.5. The number of ether oxygens (including phenoxy) is 4. The van der Waals surface area contributed by atoms with E-state index in [1.165, 1.54) is 52.7 Å². The number of Topliss-reactive ketones (excluding diaryl/α,β-unsaturated/α-hetero) is 1. The van der Waals surface area contributed by atoms with E-state index in [-0.39, 0.29) is 48.7 Å². The number of anilines is 2. The van der Waals surface area contributed by atoms with Gasteiger partial charge in [0.1, 0.15) is 34.4 Å². The lowest BCUT2D eigenvalue weighted by Gasteiger charge is -2.44. The first kappa shape index (κ1) is 52.7. The van der Waals surface area contributed by atoms with Gasteiger partial charge in [0.15, 0.2) is 17.2 Å². The van der Waals surface area contributed by atoms with Crippen LogP contribution in [-0.4, -0.2) is 128 Å². The van der Waals surface area contributed by atoms with E-state index >= 15 is 31.1 Å². The second kappa shape index (κ2) is 21.9. The van der Waals surface area contributed by atoms with Crippen molar-refractivity contribution in [1.82, 2.24) is 29.4 Å². The Balaban J connectivity index is 1.22. The van der Waals surface area contributed by atoms with Crippen molar-refractivity contribution in [1.29, 1.82) is 0 Å². The summed E-state index contributed by atoms with van der Waals surface area (Å²) in [7, 11) is 5.85. The van der Waals surface area contributed by atoms with E-state index in [0.29, 0.717) is 68.6 Å². The van der Waals surface area contributed by atoms with Crippen molar-refractivity contribution in [3.05, 3.63) is 116 Å². The van der Waals surface area contributed by atoms with E-state index in [2.05, 4.69) is 10.2 Å². The van der Waals surface area contributed by atoms with Gasteiger partial charge in [0.05, 0.1) is 73.7 Å². The first-order chi connectivity index (χ1) is 34.3. The van der Waals surface area contributed by atoms with Crippen LogP contribution in [0.1, 0.15) is 11.4 Å². The highest BCUT2D eigenvalue weighted by Crippen LogP contribution is 2.43. The number of hydrogen-bond donors (Lipinski definition) is 0. The van der Waals surface area contributed by atoms with Crippen LogP contribution in [0.4, 0.5) is 37.7 Å². The van der Waals surface area contributed by atoms with Crippen molar-refractivity contribution in [2.24, 2.45) is 0 Å². The molecule has 0 bridgehead atoms. The molecule has 0 saturated carbocycles. The molecule has 2 aliphatic heterocycles. The van der Waals surface area contributed by atoms with Gasteiger partial charge in [-0.15, -0.1) is 0 Å². The predicted octanol–water partition coefficient (Wildman–Crippen LogP) is 10.8. The first-order valence-electron chi connectivity index (χ1n) is 22.5. The topological polar surface area (TPSA) is 103 Å². The molecule has 384 valence electrons. The Bertz CT molecular complexity index is 2680. The van der Waals surface area contributed by atoms with E-state index in [1.807, 2.05) is 9.80 Å². The predicted molar refractivity (Wildman–Crippen MR) is 265 cm³/mol. The fraction of sp³-hybridized carbons (Fsp3) is 0.367. The molecule has 0 radical (unpaired) electrons. The Labute approximate surface area is 431 Å². The summed E-state index contributed by atoms with van der Waals surface area (Å²) in [6, 6.07) is 19.9. The van der Waals surface area contributed by atoms with Gasteiger partial charge < -0.3 is 28.7 Å². The number of alkyl halides is 6. The lowest BCUT2D eigenvalue weighted by atomic mass is 9.99. The molecule has 2 atom stereocenters. The number of ketones is 1. The zero-order valence-electron chi connectivity index (χ0n) is 39.2. The van der Waals surface area contributed by atoms with Gasteiger partial charge in [-0.05, 0) is 72.8 Å². The molecule has 2 aliphatic rings. The molecule has 2 unspecified atom stereocenters. The minimum atomic E-state index is -5.06. The second-order valence-corrected chi connectivity index (χ2v) is 18.5. The van der Waals surface area contributed by atoms with Crippen LogP contribution >= 0.6 is 46.4 Å². The van der Waals surface area contributed by atoms with Gasteiger partial charge in [0.2, 0.25) is 0 Å². The van der Waals surface area contributed by atoms with Gasteiger partial charge in [-0.1, -0.05) is 46.4 Å². The lowest BCUT2D eigenvalue weighted by Crippen LogP contribution is -2.61. The van der Waals surface area contributed by atoms with Gasteiger partial charge in [-0.25, -0.2) is 0 Å². The zero-order chi connectivity index (χ0) is 51.6. The minimum absolute atomic E-state index is 0.144. The van der Waals surface area contributed by atoms with Crippen molar-refractivity contribution in [3.8, 4) is 45.5 Å². The molecule has 0 aliphatic carbocycles. The summed E-state index contributed by atoms with van der Waals surface area (Å²) in [6.45, 7) is 0.401. The fourth-order valence-corrected chi connectivity index (χ4v) is 10.2. The standard InChI is InChI=1S/C49H48Cl4F6N8O5/c1-69-33-11-5-29(6-12-33)43-41(52)46(48(54,55)56)66(60-43)27-37(64-21-17-62(18-22-64)31-9-15-35(50)39(25-31)71-3)45(68)38(65-23-19-63(20-24-65)32-10-16-36(51)40(26-32)72-4)28-67-47(49(57,58)59)42(53)44(61-67)30-7-13-34(70-2)14-8-30/h5-16,25-26,37-38H,17-24,27-28H2,1-4H3. The third-order valence-electron chi connectivity index (χ3n) is 12.9. The molecule has 0 spiro atoms. The Hall–Kier alpha value is -5.57. The third kappa shape index (κ3) is 11.2. The number of methoxy groups -OCH3 is 4. The van der Waals surface area contributed by atoms with Crippen molar-refractivity contribution >= 4 is 63.6 Å². The lowest BCUT2D eigenvalue weighted by molar-refractivity contribution is -0.146. The van der Waals surface area contributed by atoms with Gasteiger partial charge >= 0.3 is 12.4 Å². The Morgan fingerprint density at radius 3 is 1.18 bits per heavy atom. The average Bonchev–Trinajstić information content (AvgIpc) is 3.90. The van der Waals surface area contributed by atoms with Crippen LogP contribution in [0.15, 0.2) is 84.9 Å². The van der Waals surface area contributed by atoms with Crippen LogP contribution in [0.2, 0.25) is 20.1 Å². The van der Waals surface area contributed by atoms with E-state index in [1.54, 1.807) is 70.5 Å². The van der Waals surface area contributed by atoms with E-state index in [4.69, 9.17) is 65.4 Å². The summed E-state index contributed by atoms with van der Waals surface area (Å²) in [6.07, 6.45) is -10.1. The van der Waals surface area contributed by atoms with Gasteiger partial charge in [-0.2, -0.15) is 36.5 Å². The molecular formula is C49H48Cl4F6N8O5. The van der Waals surface area contributed by atoms with Crippen LogP contribution in [0.5, 0.6) is 23.0 Å². The molecule has 8 rings (SSSR count). The zero-order valence-corrected chi connectivity index (χ0v) is 42.2. The normalized spacial score (nSPS) is 15.9. The van der Waals surface area contributed by atoms with Crippen molar-refractivity contribution < 1.29 is 50.1 Å². The quantitative estimate of drug-likeness (QED) is 0.0866. The van der Waals surface area contributed by atoms with Crippen molar-refractivity contribution in [3.63, 3.8) is 0 Å². The molecule has 2 saturated heterocycles. The number of nitrogens with zero attached hydrogens (tertiary/aromatic N) is 8. The molecule has 0 N–H and O–H groups in total. The first-order valence-corrected chi connectivity index (χ1v) is 24.0. The molecule has 4 aromatic carbocycles. The molecule has 2 fully saturated rings. The maximum absolute atomic E-state index is 15.9. The number of halogens is 10. The number of aromatic nitrogens is 4. The average molecular weight is 1080 g/mol. The monoisotopic (exact) mass is 1080 g/mol. The van der Waals surface area contributed by atoms with Gasteiger partial charge in [0, 0.05) is 87.0 Å². The van der Waals surface area contributed by atoms with E-state index in [9.17, 15) is 0 Å². The molecule has 0 amide bonds. The number of benzene rings is 4. The smallest absolute Gasteiger partial charge is 0.434 e. The number of rotatable bonds is 16. The maximum atomic E-state index is 15.9. The summed E-state index contributed by atoms with van der Waals surface area (Å²) in [5.74, 6) is 1.07. The van der Waals surface area contributed by atoms with Gasteiger partial charge in [-0.3, -0.25) is 24.0 Å². The van der Waals surface area contributed by atoms with Crippen LogP contribution in [-0.2, 0) is 30.2 Å². The Kier molecular flexibility index (Phi) is 16.0. The number of hydrogen-bond acceptors (Lipinski definition) is 11. The summed E-state index contributed by atoms with van der Waals surface area (Å²) in [5.41, 5.74) is -1.00. The van der Waals surface area contributed by atoms with Crippen LogP contribution < -0.4 is 28.7 Å². The van der Waals surface area contributed by atoms with Crippen molar-refractivity contribution in [2.45, 2.75) is 37.5 Å². The maximum Gasteiger partial charge on any atom is 0.434 e. The summed E-state index contributed by atoms with van der Waals surface area (Å²) in [4.78, 5) is 23.4. The molecular weight excluding hydrogens is 1040 g/mol. The van der Waals surface area contributed by atoms with Crippen LogP contribution in [0.3, 0.4) is 0 Å². The molecule has 4 heterocycles. The van der Waals surface area contributed by atoms with Crippen LogP contribution in [0.25, 0.3) is 22.5 Å². The third-order valence-corrected chi connectivity index (χ3v) is 14.3. The largest absolute Gasteiger partial charge is 0.497 e. The molecule has 72 heavy (non-hydrogen) atoms.